The lowest BCUT2D eigenvalue weighted by Crippen LogP contribution is -2.14. The molecule has 0 radical (unpaired) electrons. The van der Waals surface area contributed by atoms with Crippen LogP contribution in [0, 0.1) is 0 Å². The summed E-state index contributed by atoms with van der Waals surface area (Å²) in [6, 6.07) is 6.00. The van der Waals surface area contributed by atoms with E-state index in [1.165, 1.54) is 29.7 Å². The number of sulfone groups is 2. The molecule has 0 aliphatic carbocycles. The van der Waals surface area contributed by atoms with E-state index in [0.29, 0.717) is 27.5 Å². The lowest BCUT2D eigenvalue weighted by atomic mass is 10.2. The fourth-order valence-electron chi connectivity index (χ4n) is 2.96. The summed E-state index contributed by atoms with van der Waals surface area (Å²) in [6.07, 6.45) is 4.01. The van der Waals surface area contributed by atoms with Crippen LogP contribution >= 0.6 is 11.3 Å². The Morgan fingerprint density at radius 2 is 1.91 bits per heavy atom. The largest absolute Gasteiger partial charge is 0.485 e. The van der Waals surface area contributed by atoms with E-state index < -0.39 is 24.9 Å². The topological polar surface area (TPSA) is 144 Å². The van der Waals surface area contributed by atoms with Gasteiger partial charge in [0.05, 0.1) is 20.7 Å². The van der Waals surface area contributed by atoms with Crippen LogP contribution in [0.4, 0.5) is 10.9 Å². The van der Waals surface area contributed by atoms with Gasteiger partial charge in [0.2, 0.25) is 0 Å². The number of fused-ring (bicyclic) bond motifs is 1. The molecular weight excluding hydrogens is 486 g/mol. The molecule has 0 amide bonds. The van der Waals surface area contributed by atoms with Crippen molar-refractivity contribution in [1.82, 2.24) is 20.2 Å². The molecule has 3 heterocycles. The molecular formula is C20H21N5O5S3. The minimum atomic E-state index is -3.60. The number of ether oxygens (including phenoxy) is 1. The number of benzene rings is 1. The molecule has 4 rings (SSSR count). The fourth-order valence-corrected chi connectivity index (χ4v) is 5.15. The summed E-state index contributed by atoms with van der Waals surface area (Å²) < 4.78 is 54.9. The molecule has 0 unspecified atom stereocenters. The van der Waals surface area contributed by atoms with Crippen LogP contribution in [0.1, 0.15) is 19.5 Å². The van der Waals surface area contributed by atoms with Crippen LogP contribution in [0.3, 0.4) is 0 Å². The number of thiazole rings is 1. The van der Waals surface area contributed by atoms with Crippen molar-refractivity contribution in [2.45, 2.75) is 35.5 Å². The van der Waals surface area contributed by atoms with Crippen LogP contribution in [-0.2, 0) is 26.3 Å². The Labute approximate surface area is 194 Å². The van der Waals surface area contributed by atoms with Crippen molar-refractivity contribution >= 4 is 52.9 Å². The summed E-state index contributed by atoms with van der Waals surface area (Å²) in [7, 11) is -6.96. The van der Waals surface area contributed by atoms with Crippen LogP contribution in [0.5, 0.6) is 5.75 Å². The normalized spacial score (nSPS) is 12.4. The van der Waals surface area contributed by atoms with Crippen LogP contribution in [-0.4, -0.2) is 48.5 Å². The van der Waals surface area contributed by atoms with Gasteiger partial charge < -0.3 is 10.1 Å². The van der Waals surface area contributed by atoms with Gasteiger partial charge in [-0.3, -0.25) is 10.1 Å². The first-order valence-electron chi connectivity index (χ1n) is 9.76. The van der Waals surface area contributed by atoms with Crippen LogP contribution < -0.4 is 10.1 Å². The second-order valence-corrected chi connectivity index (χ2v) is 12.9. The Morgan fingerprint density at radius 3 is 2.52 bits per heavy atom. The highest BCUT2D eigenvalue weighted by atomic mass is 32.2. The summed E-state index contributed by atoms with van der Waals surface area (Å²) in [5.41, 5.74) is 0.984. The number of anilines is 2. The van der Waals surface area contributed by atoms with E-state index in [1.807, 2.05) is 5.38 Å². The van der Waals surface area contributed by atoms with E-state index in [1.54, 1.807) is 32.2 Å². The molecule has 13 heteroatoms. The summed E-state index contributed by atoms with van der Waals surface area (Å²) in [6.45, 7) is 3.22. The molecule has 0 saturated carbocycles. The standard InChI is InChI=1S/C20H21N5O5S3/c1-12(2)33(28,29)15-8-16-18(24-25-19(16)23-20-21-6-7-31-20)17(9-15)30-11-13-4-5-14(10-22-13)32(3,26)27/h4-10,12H,11H2,1-3H3,(H2,21,23,24,25). The average Bonchev–Trinajstić information content (AvgIpc) is 3.42. The van der Waals surface area contributed by atoms with E-state index in [-0.39, 0.29) is 22.1 Å². The van der Waals surface area contributed by atoms with Gasteiger partial charge in [0, 0.05) is 35.5 Å². The van der Waals surface area contributed by atoms with Crippen molar-refractivity contribution in [1.29, 1.82) is 0 Å². The minimum absolute atomic E-state index is 0.00141. The van der Waals surface area contributed by atoms with E-state index in [0.717, 1.165) is 6.26 Å². The number of pyridine rings is 1. The second-order valence-electron chi connectivity index (χ2n) is 7.52. The minimum Gasteiger partial charge on any atom is -0.485 e. The number of rotatable bonds is 8. The van der Waals surface area contributed by atoms with Gasteiger partial charge in [0.15, 0.2) is 30.6 Å². The van der Waals surface area contributed by atoms with Gasteiger partial charge in [-0.25, -0.2) is 21.8 Å². The third-order valence-corrected chi connectivity index (χ3v) is 8.74. The maximum Gasteiger partial charge on any atom is 0.188 e. The quantitative estimate of drug-likeness (QED) is 0.367. The van der Waals surface area contributed by atoms with Crippen molar-refractivity contribution in [2.75, 3.05) is 11.6 Å². The van der Waals surface area contributed by atoms with Gasteiger partial charge in [-0.05, 0) is 32.0 Å². The Balaban J connectivity index is 1.72. The van der Waals surface area contributed by atoms with Gasteiger partial charge >= 0.3 is 0 Å². The monoisotopic (exact) mass is 507 g/mol. The van der Waals surface area contributed by atoms with Gasteiger partial charge in [0.25, 0.3) is 0 Å². The molecule has 0 spiro atoms. The molecule has 1 aromatic carbocycles. The molecule has 33 heavy (non-hydrogen) atoms. The highest BCUT2D eigenvalue weighted by Gasteiger charge is 2.23. The summed E-state index contributed by atoms with van der Waals surface area (Å²) in [5.74, 6) is 0.696. The third kappa shape index (κ3) is 4.84. The first kappa shape index (κ1) is 23.1. The summed E-state index contributed by atoms with van der Waals surface area (Å²) in [5, 5.41) is 12.6. The fraction of sp³-hybridized carbons (Fsp3) is 0.250. The number of aromatic nitrogens is 4. The van der Waals surface area contributed by atoms with Crippen molar-refractivity contribution < 1.29 is 21.6 Å². The first-order chi connectivity index (χ1) is 15.6. The molecule has 0 aliphatic rings. The molecule has 3 aromatic heterocycles. The van der Waals surface area contributed by atoms with Gasteiger partial charge in [0.1, 0.15) is 17.9 Å². The Hall–Kier alpha value is -3.03. The lowest BCUT2D eigenvalue weighted by molar-refractivity contribution is 0.303. The van der Waals surface area contributed by atoms with Crippen molar-refractivity contribution in [3.05, 3.63) is 47.7 Å². The molecule has 0 saturated heterocycles. The zero-order chi connectivity index (χ0) is 23.8. The highest BCUT2D eigenvalue weighted by molar-refractivity contribution is 7.92. The Morgan fingerprint density at radius 1 is 1.12 bits per heavy atom. The smallest absolute Gasteiger partial charge is 0.188 e. The average molecular weight is 508 g/mol. The van der Waals surface area contributed by atoms with Crippen molar-refractivity contribution in [3.63, 3.8) is 0 Å². The zero-order valence-electron chi connectivity index (χ0n) is 17.9. The maximum absolute atomic E-state index is 12.9. The second kappa shape index (κ2) is 8.72. The number of nitrogens with zero attached hydrogens (tertiary/aromatic N) is 3. The molecule has 0 bridgehead atoms. The van der Waals surface area contributed by atoms with Gasteiger partial charge in [-0.1, -0.05) is 0 Å². The van der Waals surface area contributed by atoms with E-state index >= 15 is 0 Å². The van der Waals surface area contributed by atoms with Crippen molar-refractivity contribution in [3.8, 4) is 5.75 Å². The number of H-pyrrole nitrogens is 1. The van der Waals surface area contributed by atoms with E-state index in [4.69, 9.17) is 4.74 Å². The molecule has 174 valence electrons. The van der Waals surface area contributed by atoms with E-state index in [2.05, 4.69) is 25.5 Å². The molecule has 4 aromatic rings. The van der Waals surface area contributed by atoms with Crippen LogP contribution in [0.15, 0.2) is 51.8 Å². The van der Waals surface area contributed by atoms with E-state index in [9.17, 15) is 16.8 Å². The molecule has 10 nitrogen and oxygen atoms in total. The zero-order valence-corrected chi connectivity index (χ0v) is 20.4. The summed E-state index contributed by atoms with van der Waals surface area (Å²) in [4.78, 5) is 8.50. The SMILES string of the molecule is CC(C)S(=O)(=O)c1cc(OCc2ccc(S(C)(=O)=O)cn2)c2[nH]nc(Nc3nccs3)c2c1. The number of aromatic amines is 1. The van der Waals surface area contributed by atoms with Crippen LogP contribution in [0.25, 0.3) is 10.9 Å². The summed E-state index contributed by atoms with van der Waals surface area (Å²) >= 11 is 1.38. The van der Waals surface area contributed by atoms with Gasteiger partial charge in [-0.15, -0.1) is 11.3 Å². The number of hydrogen-bond acceptors (Lipinski definition) is 10. The number of nitrogens with one attached hydrogen (secondary N) is 2. The first-order valence-corrected chi connectivity index (χ1v) is 14.1. The molecule has 0 fully saturated rings. The lowest BCUT2D eigenvalue weighted by Gasteiger charge is -2.12. The molecule has 2 N–H and O–H groups in total. The third-order valence-electron chi connectivity index (χ3n) is 4.82. The maximum atomic E-state index is 12.9. The van der Waals surface area contributed by atoms with Gasteiger partial charge in [-0.2, -0.15) is 5.10 Å². The molecule has 0 atom stereocenters. The van der Waals surface area contributed by atoms with Crippen LogP contribution in [0.2, 0.25) is 0 Å². The Kier molecular flexibility index (Phi) is 6.12. The Bertz CT molecular complexity index is 1490. The highest BCUT2D eigenvalue weighted by Crippen LogP contribution is 2.35. The number of hydrogen-bond donors (Lipinski definition) is 2. The predicted octanol–water partition coefficient (Wildman–Crippen LogP) is 3.32. The van der Waals surface area contributed by atoms with Crippen molar-refractivity contribution in [2.24, 2.45) is 0 Å². The molecule has 0 aliphatic heterocycles. The predicted molar refractivity (Wildman–Crippen MR) is 125 cm³/mol.